The zero-order valence-corrected chi connectivity index (χ0v) is 19.4. The highest BCUT2D eigenvalue weighted by atomic mass is 32.1. The molecule has 1 atom stereocenters. The number of anilines is 1. The van der Waals surface area contributed by atoms with Crippen molar-refractivity contribution < 1.29 is 9.53 Å². The summed E-state index contributed by atoms with van der Waals surface area (Å²) in [5.41, 5.74) is 5.79. The number of benzene rings is 2. The summed E-state index contributed by atoms with van der Waals surface area (Å²) in [4.78, 5) is 25.5. The molecule has 0 spiro atoms. The number of hydrogen-bond acceptors (Lipinski definition) is 7. The van der Waals surface area contributed by atoms with E-state index in [2.05, 4.69) is 38.6 Å². The maximum Gasteiger partial charge on any atom is 0.258 e. The molecule has 2 N–H and O–H groups in total. The minimum atomic E-state index is -0.0745. The summed E-state index contributed by atoms with van der Waals surface area (Å²) in [6.07, 6.45) is 2.13. The van der Waals surface area contributed by atoms with E-state index in [0.29, 0.717) is 17.6 Å². The van der Waals surface area contributed by atoms with Crippen LogP contribution in [-0.4, -0.2) is 33.5 Å². The Labute approximate surface area is 196 Å². The lowest BCUT2D eigenvalue weighted by atomic mass is 10.1. The lowest BCUT2D eigenvalue weighted by Gasteiger charge is -2.17. The highest BCUT2D eigenvalue weighted by Gasteiger charge is 2.23. The molecule has 8 heteroatoms. The molecule has 2 aromatic carbocycles. The predicted octanol–water partition coefficient (Wildman–Crippen LogP) is 4.89. The smallest absolute Gasteiger partial charge is 0.258 e. The number of nitrogens with zero attached hydrogens (tertiary/aromatic N) is 3. The quantitative estimate of drug-likeness (QED) is 0.390. The molecule has 1 fully saturated rings. The van der Waals surface area contributed by atoms with Crippen LogP contribution in [0.4, 0.5) is 5.82 Å². The molecule has 1 saturated carbocycles. The molecular weight excluding hydrogens is 434 g/mol. The van der Waals surface area contributed by atoms with Gasteiger partial charge in [-0.2, -0.15) is 0 Å². The molecular formula is C25H25N5O2S. The Bertz CT molecular complexity index is 1300. The minimum absolute atomic E-state index is 0.0139. The first-order valence-electron chi connectivity index (χ1n) is 11.0. The summed E-state index contributed by atoms with van der Waals surface area (Å²) in [5, 5.41) is 6.41. The van der Waals surface area contributed by atoms with E-state index in [1.165, 1.54) is 0 Å². The standard InChI is InChI=1S/C25H25N5O2S/c1-15(17-4-3-5-20(10-17)32-13-25(31)30-19-7-8-19)27-24-12-22(28-16(2)29-24)18-6-9-21-23(11-18)33-14-26-21/h3-6,9-12,14-15,19H,7-8,13H2,1-2H3,(H,30,31)(H,27,28,29). The third-order valence-corrected chi connectivity index (χ3v) is 6.29. The molecule has 1 aliphatic rings. The maximum atomic E-state index is 11.9. The number of hydrogen-bond donors (Lipinski definition) is 2. The van der Waals surface area contributed by atoms with Crippen molar-refractivity contribution in [3.63, 3.8) is 0 Å². The van der Waals surface area contributed by atoms with Gasteiger partial charge in [0.1, 0.15) is 17.4 Å². The molecule has 0 radical (unpaired) electrons. The fourth-order valence-corrected chi connectivity index (χ4v) is 4.34. The van der Waals surface area contributed by atoms with Crippen molar-refractivity contribution in [3.05, 3.63) is 65.4 Å². The number of carbonyl (C=O) groups excluding carboxylic acids is 1. The minimum Gasteiger partial charge on any atom is -0.484 e. The zero-order valence-electron chi connectivity index (χ0n) is 18.5. The number of rotatable bonds is 8. The largest absolute Gasteiger partial charge is 0.484 e. The Morgan fingerprint density at radius 1 is 1.18 bits per heavy atom. The molecule has 1 aliphatic carbocycles. The third kappa shape index (κ3) is 5.28. The zero-order chi connectivity index (χ0) is 22.8. The molecule has 2 heterocycles. The van der Waals surface area contributed by atoms with Crippen LogP contribution in [0.5, 0.6) is 5.75 Å². The maximum absolute atomic E-state index is 11.9. The van der Waals surface area contributed by atoms with Crippen molar-refractivity contribution in [1.29, 1.82) is 0 Å². The Morgan fingerprint density at radius 2 is 2.06 bits per heavy atom. The van der Waals surface area contributed by atoms with E-state index in [9.17, 15) is 4.79 Å². The molecule has 1 unspecified atom stereocenters. The average molecular weight is 460 g/mol. The van der Waals surface area contributed by atoms with Crippen molar-refractivity contribution in [2.45, 2.75) is 38.8 Å². The molecule has 0 saturated heterocycles. The van der Waals surface area contributed by atoms with Gasteiger partial charge in [0.2, 0.25) is 0 Å². The number of aromatic nitrogens is 3. The number of carbonyl (C=O) groups is 1. The van der Waals surface area contributed by atoms with E-state index in [-0.39, 0.29) is 18.6 Å². The fourth-order valence-electron chi connectivity index (χ4n) is 3.63. The topological polar surface area (TPSA) is 89.0 Å². The fraction of sp³-hybridized carbons (Fsp3) is 0.280. The average Bonchev–Trinajstić information content (AvgIpc) is 3.49. The molecule has 5 rings (SSSR count). The first-order valence-corrected chi connectivity index (χ1v) is 11.9. The second kappa shape index (κ2) is 9.15. The first-order chi connectivity index (χ1) is 16.0. The van der Waals surface area contributed by atoms with Crippen molar-refractivity contribution >= 4 is 33.3 Å². The monoisotopic (exact) mass is 459 g/mol. The summed E-state index contributed by atoms with van der Waals surface area (Å²) < 4.78 is 6.83. The Balaban J connectivity index is 1.29. The normalized spacial score (nSPS) is 14.1. The van der Waals surface area contributed by atoms with Gasteiger partial charge in [-0.3, -0.25) is 4.79 Å². The number of thiazole rings is 1. The van der Waals surface area contributed by atoms with Crippen molar-refractivity contribution in [2.24, 2.45) is 0 Å². The molecule has 0 aliphatic heterocycles. The van der Waals surface area contributed by atoms with E-state index in [1.54, 1.807) is 11.3 Å². The number of amides is 1. The molecule has 0 bridgehead atoms. The van der Waals surface area contributed by atoms with Crippen LogP contribution in [-0.2, 0) is 4.79 Å². The van der Waals surface area contributed by atoms with Gasteiger partial charge in [0.05, 0.1) is 27.5 Å². The number of nitrogens with one attached hydrogen (secondary N) is 2. The van der Waals surface area contributed by atoms with Gasteiger partial charge in [0, 0.05) is 17.7 Å². The first kappa shape index (κ1) is 21.3. The Kier molecular flexibility index (Phi) is 5.92. The van der Waals surface area contributed by atoms with E-state index in [1.807, 2.05) is 54.9 Å². The summed E-state index contributed by atoms with van der Waals surface area (Å²) in [7, 11) is 0. The van der Waals surface area contributed by atoms with Crippen LogP contribution in [0, 0.1) is 6.92 Å². The van der Waals surface area contributed by atoms with Crippen molar-refractivity contribution in [1.82, 2.24) is 20.3 Å². The van der Waals surface area contributed by atoms with E-state index < -0.39 is 0 Å². The number of ether oxygens (including phenoxy) is 1. The second-order valence-electron chi connectivity index (χ2n) is 8.29. The van der Waals surface area contributed by atoms with Crippen molar-refractivity contribution in [2.75, 3.05) is 11.9 Å². The van der Waals surface area contributed by atoms with Crippen LogP contribution in [0.1, 0.15) is 37.2 Å². The Morgan fingerprint density at radius 3 is 2.91 bits per heavy atom. The van der Waals surface area contributed by atoms with Crippen LogP contribution >= 0.6 is 11.3 Å². The Hall–Kier alpha value is -3.52. The summed E-state index contributed by atoms with van der Waals surface area (Å²) >= 11 is 1.62. The highest BCUT2D eigenvalue weighted by Crippen LogP contribution is 2.28. The van der Waals surface area contributed by atoms with Crippen LogP contribution < -0.4 is 15.4 Å². The third-order valence-electron chi connectivity index (χ3n) is 5.50. The summed E-state index contributed by atoms with van der Waals surface area (Å²) in [6, 6.07) is 16.2. The second-order valence-corrected chi connectivity index (χ2v) is 9.18. The van der Waals surface area contributed by atoms with Crippen molar-refractivity contribution in [3.8, 4) is 17.0 Å². The van der Waals surface area contributed by atoms with E-state index in [0.717, 1.165) is 45.7 Å². The van der Waals surface area contributed by atoms with Crippen LogP contribution in [0.3, 0.4) is 0 Å². The molecule has 4 aromatic rings. The van der Waals surface area contributed by atoms with E-state index >= 15 is 0 Å². The molecule has 33 heavy (non-hydrogen) atoms. The van der Waals surface area contributed by atoms with Crippen LogP contribution in [0.2, 0.25) is 0 Å². The van der Waals surface area contributed by atoms with E-state index in [4.69, 9.17) is 4.74 Å². The number of aryl methyl sites for hydroxylation is 1. The predicted molar refractivity (Wildman–Crippen MR) is 131 cm³/mol. The van der Waals surface area contributed by atoms with Gasteiger partial charge in [0.15, 0.2) is 6.61 Å². The van der Waals surface area contributed by atoms with Gasteiger partial charge in [-0.1, -0.05) is 18.2 Å². The lowest BCUT2D eigenvalue weighted by Crippen LogP contribution is -2.30. The van der Waals surface area contributed by atoms with Gasteiger partial charge >= 0.3 is 0 Å². The molecule has 168 valence electrons. The highest BCUT2D eigenvalue weighted by molar-refractivity contribution is 7.16. The van der Waals surface area contributed by atoms with Gasteiger partial charge in [0.25, 0.3) is 5.91 Å². The van der Waals surface area contributed by atoms with Crippen LogP contribution in [0.15, 0.2) is 54.0 Å². The summed E-state index contributed by atoms with van der Waals surface area (Å²) in [5.74, 6) is 2.05. The molecule has 1 amide bonds. The SMILES string of the molecule is Cc1nc(NC(C)c2cccc(OCC(=O)NC3CC3)c2)cc(-c2ccc3ncsc3c2)n1. The van der Waals surface area contributed by atoms with Gasteiger partial charge in [-0.25, -0.2) is 15.0 Å². The molecule has 2 aromatic heterocycles. The number of fused-ring (bicyclic) bond motifs is 1. The van der Waals surface area contributed by atoms with Gasteiger partial charge in [-0.05, 0) is 56.5 Å². The van der Waals surface area contributed by atoms with Gasteiger partial charge in [-0.15, -0.1) is 11.3 Å². The summed E-state index contributed by atoms with van der Waals surface area (Å²) in [6.45, 7) is 3.99. The van der Waals surface area contributed by atoms with Gasteiger partial charge < -0.3 is 15.4 Å². The van der Waals surface area contributed by atoms with Crippen LogP contribution in [0.25, 0.3) is 21.5 Å². The lowest BCUT2D eigenvalue weighted by molar-refractivity contribution is -0.123. The molecule has 7 nitrogen and oxygen atoms in total.